The molecule has 2 aromatic rings. The lowest BCUT2D eigenvalue weighted by atomic mass is 10.0. The molecule has 1 N–H and O–H groups in total. The van der Waals surface area contributed by atoms with E-state index < -0.39 is 10.0 Å². The molecule has 0 fully saturated rings. The van der Waals surface area contributed by atoms with Crippen molar-refractivity contribution in [1.29, 1.82) is 0 Å². The second kappa shape index (κ2) is 11.2. The summed E-state index contributed by atoms with van der Waals surface area (Å²) in [5.74, 6) is 0.667. The molecule has 0 saturated carbocycles. The normalized spacial score (nSPS) is 11.6. The molecule has 2 rings (SSSR count). The lowest BCUT2D eigenvalue weighted by Crippen LogP contribution is -2.41. The summed E-state index contributed by atoms with van der Waals surface area (Å²) < 4.78 is 31.6. The number of nitrogens with one attached hydrogen (secondary N) is 1. The van der Waals surface area contributed by atoms with Gasteiger partial charge in [-0.05, 0) is 61.9 Å². The minimum atomic E-state index is -3.59. The molecule has 170 valence electrons. The summed E-state index contributed by atoms with van der Waals surface area (Å²) in [5.41, 5.74) is 2.61. The predicted molar refractivity (Wildman–Crippen MR) is 126 cm³/mol. The van der Waals surface area contributed by atoms with E-state index >= 15 is 0 Å². The van der Waals surface area contributed by atoms with Crippen LogP contribution in [0.1, 0.15) is 51.2 Å². The van der Waals surface area contributed by atoms with Gasteiger partial charge >= 0.3 is 0 Å². The fourth-order valence-electron chi connectivity index (χ4n) is 3.30. The number of ether oxygens (including phenoxy) is 1. The van der Waals surface area contributed by atoms with Crippen LogP contribution in [0.15, 0.2) is 48.5 Å². The average Bonchev–Trinajstić information content (AvgIpc) is 2.69. The van der Waals surface area contributed by atoms with Gasteiger partial charge < -0.3 is 10.1 Å². The van der Waals surface area contributed by atoms with E-state index in [-0.39, 0.29) is 24.5 Å². The fourth-order valence-corrected chi connectivity index (χ4v) is 4.17. The molecule has 2 aromatic carbocycles. The Balaban J connectivity index is 1.91. The van der Waals surface area contributed by atoms with Crippen LogP contribution in [-0.4, -0.2) is 39.8 Å². The van der Waals surface area contributed by atoms with Crippen molar-refractivity contribution >= 4 is 21.6 Å². The molecule has 0 radical (unpaired) electrons. The SMILES string of the molecule is CC(C)Oc1ccc(CCCNC(=O)CN(c2ccccc2C(C)C)S(C)(=O)=O)cc1. The second-order valence-corrected chi connectivity index (χ2v) is 10.2. The highest BCUT2D eigenvalue weighted by molar-refractivity contribution is 7.92. The number of para-hydroxylation sites is 1. The number of nitrogens with zero attached hydrogens (tertiary/aromatic N) is 1. The number of benzene rings is 2. The number of carbonyl (C=O) groups is 1. The molecular weight excluding hydrogens is 412 g/mol. The van der Waals surface area contributed by atoms with Crippen LogP contribution < -0.4 is 14.4 Å². The summed E-state index contributed by atoms with van der Waals surface area (Å²) in [6.45, 7) is 8.23. The summed E-state index contributed by atoms with van der Waals surface area (Å²) >= 11 is 0. The van der Waals surface area contributed by atoms with Gasteiger partial charge in [0.1, 0.15) is 12.3 Å². The highest BCUT2D eigenvalue weighted by atomic mass is 32.2. The Morgan fingerprint density at radius 3 is 2.26 bits per heavy atom. The first-order valence-electron chi connectivity index (χ1n) is 10.7. The van der Waals surface area contributed by atoms with Crippen LogP contribution in [0.3, 0.4) is 0 Å². The van der Waals surface area contributed by atoms with Crippen molar-refractivity contribution in [1.82, 2.24) is 5.32 Å². The molecule has 6 nitrogen and oxygen atoms in total. The van der Waals surface area contributed by atoms with E-state index in [1.807, 2.05) is 64.1 Å². The molecule has 0 atom stereocenters. The lowest BCUT2D eigenvalue weighted by molar-refractivity contribution is -0.119. The van der Waals surface area contributed by atoms with E-state index in [4.69, 9.17) is 4.74 Å². The molecule has 0 aromatic heterocycles. The zero-order valence-corrected chi connectivity index (χ0v) is 19.9. The summed E-state index contributed by atoms with van der Waals surface area (Å²) in [7, 11) is -3.59. The maximum atomic E-state index is 12.5. The van der Waals surface area contributed by atoms with Crippen molar-refractivity contribution in [3.8, 4) is 5.75 Å². The average molecular weight is 447 g/mol. The van der Waals surface area contributed by atoms with E-state index in [1.54, 1.807) is 12.1 Å². The van der Waals surface area contributed by atoms with Gasteiger partial charge in [-0.15, -0.1) is 0 Å². The Labute approximate surface area is 186 Å². The van der Waals surface area contributed by atoms with Crippen LogP contribution in [-0.2, 0) is 21.2 Å². The van der Waals surface area contributed by atoms with Gasteiger partial charge in [-0.25, -0.2) is 8.42 Å². The van der Waals surface area contributed by atoms with Crippen LogP contribution in [0, 0.1) is 0 Å². The van der Waals surface area contributed by atoms with Crippen molar-refractivity contribution in [2.45, 2.75) is 52.6 Å². The van der Waals surface area contributed by atoms with Gasteiger partial charge in [-0.2, -0.15) is 0 Å². The molecule has 0 aliphatic carbocycles. The molecule has 0 bridgehead atoms. The minimum Gasteiger partial charge on any atom is -0.491 e. The minimum absolute atomic E-state index is 0.139. The zero-order valence-electron chi connectivity index (χ0n) is 19.1. The first-order chi connectivity index (χ1) is 14.6. The van der Waals surface area contributed by atoms with Crippen LogP contribution >= 0.6 is 0 Å². The zero-order chi connectivity index (χ0) is 23.0. The van der Waals surface area contributed by atoms with Crippen molar-refractivity contribution in [3.63, 3.8) is 0 Å². The van der Waals surface area contributed by atoms with Crippen molar-refractivity contribution < 1.29 is 17.9 Å². The molecule has 0 aliphatic heterocycles. The number of anilines is 1. The van der Waals surface area contributed by atoms with Gasteiger partial charge in [0.25, 0.3) is 0 Å². The van der Waals surface area contributed by atoms with Gasteiger partial charge in [-0.3, -0.25) is 9.10 Å². The smallest absolute Gasteiger partial charge is 0.240 e. The Bertz CT molecular complexity index is 954. The van der Waals surface area contributed by atoms with E-state index in [0.29, 0.717) is 12.2 Å². The molecule has 0 aliphatic rings. The lowest BCUT2D eigenvalue weighted by Gasteiger charge is -2.25. The number of aryl methyl sites for hydroxylation is 1. The van der Waals surface area contributed by atoms with Crippen LogP contribution in [0.2, 0.25) is 0 Å². The van der Waals surface area contributed by atoms with Crippen molar-refractivity contribution in [2.24, 2.45) is 0 Å². The maximum Gasteiger partial charge on any atom is 0.240 e. The number of hydrogen-bond acceptors (Lipinski definition) is 4. The third kappa shape index (κ3) is 7.90. The molecule has 1 amide bonds. The number of rotatable bonds is 11. The standard InChI is InChI=1S/C24H34N2O4S/c1-18(2)22-10-6-7-11-23(22)26(31(5,28)29)17-24(27)25-16-8-9-20-12-14-21(15-13-20)30-19(3)4/h6-7,10-15,18-19H,8-9,16-17H2,1-5H3,(H,25,27). The van der Waals surface area contributed by atoms with Gasteiger partial charge in [0, 0.05) is 6.54 Å². The fraction of sp³-hybridized carbons (Fsp3) is 0.458. The molecule has 7 heteroatoms. The molecule has 31 heavy (non-hydrogen) atoms. The van der Waals surface area contributed by atoms with Crippen molar-refractivity contribution in [2.75, 3.05) is 23.7 Å². The van der Waals surface area contributed by atoms with Crippen LogP contribution in [0.4, 0.5) is 5.69 Å². The third-order valence-electron chi connectivity index (χ3n) is 4.77. The maximum absolute atomic E-state index is 12.5. The third-order valence-corrected chi connectivity index (χ3v) is 5.90. The molecule has 0 heterocycles. The Kier molecular flexibility index (Phi) is 8.92. The first kappa shape index (κ1) is 24.7. The molecule has 0 saturated heterocycles. The van der Waals surface area contributed by atoms with Gasteiger partial charge in [0.2, 0.25) is 15.9 Å². The first-order valence-corrected chi connectivity index (χ1v) is 12.5. The Hall–Kier alpha value is -2.54. The van der Waals surface area contributed by atoms with Crippen LogP contribution in [0.5, 0.6) is 5.75 Å². The largest absolute Gasteiger partial charge is 0.491 e. The summed E-state index contributed by atoms with van der Waals surface area (Å²) in [5, 5.41) is 2.84. The molecule has 0 unspecified atom stereocenters. The number of sulfonamides is 1. The van der Waals surface area contributed by atoms with Gasteiger partial charge in [0.05, 0.1) is 18.0 Å². The predicted octanol–water partition coefficient (Wildman–Crippen LogP) is 4.11. The van der Waals surface area contributed by atoms with E-state index in [9.17, 15) is 13.2 Å². The van der Waals surface area contributed by atoms with Gasteiger partial charge in [-0.1, -0.05) is 44.2 Å². The second-order valence-electron chi connectivity index (χ2n) is 8.25. The van der Waals surface area contributed by atoms with E-state index in [1.165, 1.54) is 4.31 Å². The number of carbonyl (C=O) groups excluding carboxylic acids is 1. The summed E-state index contributed by atoms with van der Waals surface area (Å²) in [6.07, 6.45) is 2.84. The quantitative estimate of drug-likeness (QED) is 0.527. The van der Waals surface area contributed by atoms with E-state index in [0.717, 1.165) is 36.0 Å². The van der Waals surface area contributed by atoms with Crippen molar-refractivity contribution in [3.05, 3.63) is 59.7 Å². The van der Waals surface area contributed by atoms with E-state index in [2.05, 4.69) is 5.32 Å². The molecular formula is C24H34N2O4S. The Morgan fingerprint density at radius 2 is 1.68 bits per heavy atom. The van der Waals surface area contributed by atoms with Gasteiger partial charge in [0.15, 0.2) is 0 Å². The summed E-state index contributed by atoms with van der Waals surface area (Å²) in [6, 6.07) is 15.2. The number of hydrogen-bond donors (Lipinski definition) is 1. The monoisotopic (exact) mass is 446 g/mol. The van der Waals surface area contributed by atoms with Crippen LogP contribution in [0.25, 0.3) is 0 Å². The Morgan fingerprint density at radius 1 is 1.03 bits per heavy atom. The molecule has 0 spiro atoms. The summed E-state index contributed by atoms with van der Waals surface area (Å²) in [4.78, 5) is 12.5. The number of amides is 1. The topological polar surface area (TPSA) is 75.7 Å². The highest BCUT2D eigenvalue weighted by Crippen LogP contribution is 2.28. The highest BCUT2D eigenvalue weighted by Gasteiger charge is 2.23.